The number of allylic oxidation sites excluding steroid dienone is 1. The van der Waals surface area contributed by atoms with Crippen LogP contribution in [0.15, 0.2) is 59.8 Å². The van der Waals surface area contributed by atoms with E-state index < -0.39 is 12.2 Å². The largest absolute Gasteiger partial charge is 0.392 e. The Bertz CT molecular complexity index is 868. The number of hydrogen-bond acceptors (Lipinski definition) is 4. The second kappa shape index (κ2) is 9.47. The predicted octanol–water partition coefficient (Wildman–Crippen LogP) is 5.05. The molecule has 0 radical (unpaired) electrons. The molecule has 0 aliphatic heterocycles. The number of aliphatic hydroxyl groups excluding tert-OH is 1. The first-order valence-electron chi connectivity index (χ1n) is 10.9. The van der Waals surface area contributed by atoms with Crippen molar-refractivity contribution in [2.75, 3.05) is 7.11 Å². The summed E-state index contributed by atoms with van der Waals surface area (Å²) in [7, 11) is 1.57. The lowest BCUT2D eigenvalue weighted by atomic mass is 9.80. The average Bonchev–Trinajstić information content (AvgIpc) is 3.06. The van der Waals surface area contributed by atoms with Gasteiger partial charge in [-0.1, -0.05) is 31.2 Å². The summed E-state index contributed by atoms with van der Waals surface area (Å²) in [6, 6.07) is 12.4. The Balaban J connectivity index is 1.73. The summed E-state index contributed by atoms with van der Waals surface area (Å²) in [5.41, 5.74) is 6.55. The fourth-order valence-electron chi connectivity index (χ4n) is 5.11. The Morgan fingerprint density at radius 3 is 2.10 bits per heavy atom. The van der Waals surface area contributed by atoms with Crippen molar-refractivity contribution in [3.63, 3.8) is 0 Å². The van der Waals surface area contributed by atoms with Crippen LogP contribution in [0.4, 0.5) is 8.78 Å². The van der Waals surface area contributed by atoms with Gasteiger partial charge in [-0.15, -0.1) is 0 Å². The molecule has 4 atom stereocenters. The van der Waals surface area contributed by atoms with Crippen molar-refractivity contribution in [1.82, 2.24) is 5.48 Å². The number of ether oxygens (including phenoxy) is 1. The molecule has 0 spiro atoms. The smallest absolute Gasteiger partial charge is 0.123 e. The molecular formula is C25H29F2NO3. The third-order valence-electron chi connectivity index (χ3n) is 6.49. The van der Waals surface area contributed by atoms with E-state index in [1.807, 2.05) is 6.92 Å². The van der Waals surface area contributed by atoms with Gasteiger partial charge in [0, 0.05) is 11.6 Å². The van der Waals surface area contributed by atoms with Crippen LogP contribution in [0.3, 0.4) is 0 Å². The third kappa shape index (κ3) is 4.66. The highest BCUT2D eigenvalue weighted by Gasteiger charge is 2.46. The predicted molar refractivity (Wildman–Crippen MR) is 114 cm³/mol. The van der Waals surface area contributed by atoms with Crippen LogP contribution in [0.25, 0.3) is 0 Å². The minimum Gasteiger partial charge on any atom is -0.392 e. The highest BCUT2D eigenvalue weighted by molar-refractivity contribution is 5.32. The third-order valence-corrected chi connectivity index (χ3v) is 6.49. The van der Waals surface area contributed by atoms with Crippen molar-refractivity contribution in [2.24, 2.45) is 11.8 Å². The van der Waals surface area contributed by atoms with E-state index in [2.05, 4.69) is 5.48 Å². The van der Waals surface area contributed by atoms with Crippen LogP contribution in [-0.4, -0.2) is 24.4 Å². The summed E-state index contributed by atoms with van der Waals surface area (Å²) in [5.74, 6) is -0.239. The first kappa shape index (κ1) is 21.9. The first-order valence-corrected chi connectivity index (χ1v) is 10.9. The Morgan fingerprint density at radius 2 is 1.58 bits per heavy atom. The van der Waals surface area contributed by atoms with E-state index in [1.54, 1.807) is 31.4 Å². The van der Waals surface area contributed by atoms with E-state index in [0.717, 1.165) is 41.7 Å². The summed E-state index contributed by atoms with van der Waals surface area (Å²) < 4.78 is 33.8. The van der Waals surface area contributed by atoms with Crippen LogP contribution in [0.2, 0.25) is 0 Å². The first-order chi connectivity index (χ1) is 15.0. The van der Waals surface area contributed by atoms with Crippen molar-refractivity contribution >= 4 is 0 Å². The number of aliphatic hydroxyl groups is 1. The standard InChI is InChI=1S/C25H29F2NO3/c1-3-21(28-30-2)24-20-12-15(13-22(20)29)14-23(24)31-25(16-4-8-18(26)9-5-16)17-6-10-19(27)11-7-17/h4-11,15,20,22-23,25,28-29H,3,12-14H2,1-2H3/t15?,20-,22?,23+/m0/s1. The molecule has 0 saturated heterocycles. The molecule has 6 heteroatoms. The van der Waals surface area contributed by atoms with Crippen molar-refractivity contribution in [1.29, 1.82) is 0 Å². The monoisotopic (exact) mass is 429 g/mol. The van der Waals surface area contributed by atoms with Gasteiger partial charge < -0.3 is 9.84 Å². The van der Waals surface area contributed by atoms with Gasteiger partial charge in [-0.3, -0.25) is 10.3 Å². The fourth-order valence-corrected chi connectivity index (χ4v) is 5.11. The molecule has 2 fully saturated rings. The minimum absolute atomic E-state index is 0.0171. The molecule has 2 N–H and O–H groups in total. The normalized spacial score (nSPS) is 26.9. The molecule has 2 saturated carbocycles. The number of rotatable bonds is 7. The van der Waals surface area contributed by atoms with E-state index in [9.17, 15) is 13.9 Å². The molecule has 0 aromatic heterocycles. The molecule has 2 aliphatic carbocycles. The van der Waals surface area contributed by atoms with Crippen LogP contribution in [0.5, 0.6) is 0 Å². The molecule has 4 nitrogen and oxygen atoms in total. The van der Waals surface area contributed by atoms with Gasteiger partial charge in [0.1, 0.15) is 17.7 Å². The van der Waals surface area contributed by atoms with E-state index in [0.29, 0.717) is 12.3 Å². The number of halogens is 2. The van der Waals surface area contributed by atoms with E-state index in [1.165, 1.54) is 24.3 Å². The molecule has 2 aromatic rings. The molecule has 2 bridgehead atoms. The van der Waals surface area contributed by atoms with Crippen molar-refractivity contribution in [3.8, 4) is 0 Å². The topological polar surface area (TPSA) is 50.7 Å². The highest BCUT2D eigenvalue weighted by atomic mass is 19.1. The van der Waals surface area contributed by atoms with Crippen LogP contribution in [0.1, 0.15) is 49.8 Å². The van der Waals surface area contributed by atoms with Crippen molar-refractivity contribution in [2.45, 2.75) is 50.9 Å². The maximum absolute atomic E-state index is 13.6. The minimum atomic E-state index is -0.489. The van der Waals surface area contributed by atoms with Crippen LogP contribution < -0.4 is 5.48 Å². The van der Waals surface area contributed by atoms with Gasteiger partial charge in [-0.05, 0) is 72.6 Å². The van der Waals surface area contributed by atoms with Gasteiger partial charge in [0.15, 0.2) is 0 Å². The number of nitrogens with one attached hydrogen (secondary N) is 1. The van der Waals surface area contributed by atoms with Gasteiger partial charge >= 0.3 is 0 Å². The second-order valence-electron chi connectivity index (χ2n) is 8.45. The average molecular weight is 430 g/mol. The quantitative estimate of drug-likeness (QED) is 0.605. The number of fused-ring (bicyclic) bond motifs is 2. The van der Waals surface area contributed by atoms with Crippen LogP contribution in [0, 0.1) is 23.5 Å². The lowest BCUT2D eigenvalue weighted by Crippen LogP contribution is -2.34. The molecule has 0 heterocycles. The van der Waals surface area contributed by atoms with Crippen molar-refractivity contribution in [3.05, 3.63) is 82.6 Å². The summed E-state index contributed by atoms with van der Waals surface area (Å²) in [5, 5.41) is 10.7. The summed E-state index contributed by atoms with van der Waals surface area (Å²) in [6.45, 7) is 2.04. The fraction of sp³-hybridized carbons (Fsp3) is 0.440. The highest BCUT2D eigenvalue weighted by Crippen LogP contribution is 2.49. The summed E-state index contributed by atoms with van der Waals surface area (Å²) in [4.78, 5) is 5.21. The van der Waals surface area contributed by atoms with E-state index in [-0.39, 0.29) is 23.7 Å². The molecule has 166 valence electrons. The van der Waals surface area contributed by atoms with Crippen molar-refractivity contribution < 1.29 is 23.5 Å². The van der Waals surface area contributed by atoms with Gasteiger partial charge in [0.2, 0.25) is 0 Å². The lowest BCUT2D eigenvalue weighted by Gasteiger charge is -2.36. The zero-order valence-corrected chi connectivity index (χ0v) is 17.9. The summed E-state index contributed by atoms with van der Waals surface area (Å²) >= 11 is 0. The van der Waals surface area contributed by atoms with Crippen LogP contribution >= 0.6 is 0 Å². The molecule has 2 aromatic carbocycles. The molecule has 31 heavy (non-hydrogen) atoms. The zero-order valence-electron chi connectivity index (χ0n) is 17.9. The maximum Gasteiger partial charge on any atom is 0.123 e. The molecule has 2 unspecified atom stereocenters. The number of benzene rings is 2. The lowest BCUT2D eigenvalue weighted by molar-refractivity contribution is -0.00122. The van der Waals surface area contributed by atoms with Gasteiger partial charge in [-0.25, -0.2) is 8.78 Å². The van der Waals surface area contributed by atoms with E-state index in [4.69, 9.17) is 9.57 Å². The maximum atomic E-state index is 13.6. The molecule has 4 rings (SSSR count). The summed E-state index contributed by atoms with van der Waals surface area (Å²) in [6.07, 6.45) is 2.07. The Morgan fingerprint density at radius 1 is 1.00 bits per heavy atom. The molecule has 0 amide bonds. The number of hydrogen-bond donors (Lipinski definition) is 2. The Labute approximate surface area is 181 Å². The molecular weight excluding hydrogens is 400 g/mol. The van der Waals surface area contributed by atoms with E-state index >= 15 is 0 Å². The second-order valence-corrected chi connectivity index (χ2v) is 8.45. The van der Waals surface area contributed by atoms with Gasteiger partial charge in [-0.2, -0.15) is 0 Å². The molecule has 2 aliphatic rings. The Kier molecular flexibility index (Phi) is 6.70. The zero-order chi connectivity index (χ0) is 22.0. The Hall–Kier alpha value is -2.28. The van der Waals surface area contributed by atoms with Crippen LogP contribution in [-0.2, 0) is 9.57 Å². The SMILES string of the molecule is CCC(NOC)=C1[C@H]2CC(CC2O)C[C@H]1OC(c1ccc(F)cc1)c1ccc(F)cc1. The number of hydroxylamine groups is 1. The van der Waals surface area contributed by atoms with Gasteiger partial charge in [0.25, 0.3) is 0 Å². The van der Waals surface area contributed by atoms with Gasteiger partial charge in [0.05, 0.1) is 19.3 Å².